The first-order valence-electron chi connectivity index (χ1n) is 8.03. The molecule has 0 bridgehead atoms. The molecular formula is C17H22ClN3O2. The average Bonchev–Trinajstić information content (AvgIpc) is 3.12. The van der Waals surface area contributed by atoms with Gasteiger partial charge >= 0.3 is 0 Å². The van der Waals surface area contributed by atoms with Crippen molar-refractivity contribution in [2.45, 2.75) is 31.3 Å². The molecule has 2 aliphatic rings. The van der Waals surface area contributed by atoms with Crippen molar-refractivity contribution in [3.05, 3.63) is 29.3 Å². The molecule has 23 heavy (non-hydrogen) atoms. The van der Waals surface area contributed by atoms with Gasteiger partial charge in [0, 0.05) is 13.6 Å². The van der Waals surface area contributed by atoms with E-state index >= 15 is 0 Å². The van der Waals surface area contributed by atoms with Crippen LogP contribution < -0.4 is 4.90 Å². The number of amides is 2. The highest BCUT2D eigenvalue weighted by Gasteiger charge is 2.40. The highest BCUT2D eigenvalue weighted by Crippen LogP contribution is 2.30. The minimum Gasteiger partial charge on any atom is -0.332 e. The number of likely N-dealkylation sites (N-methyl/N-ethyl adjacent to an activating group) is 2. The van der Waals surface area contributed by atoms with Crippen LogP contribution in [-0.4, -0.2) is 60.9 Å². The van der Waals surface area contributed by atoms with Gasteiger partial charge in [-0.3, -0.25) is 14.5 Å². The molecule has 2 atom stereocenters. The summed E-state index contributed by atoms with van der Waals surface area (Å²) in [5.41, 5.74) is 0.723. The van der Waals surface area contributed by atoms with E-state index in [9.17, 15) is 9.59 Å². The lowest BCUT2D eigenvalue weighted by atomic mass is 10.1. The van der Waals surface area contributed by atoms with Crippen LogP contribution in [0.25, 0.3) is 0 Å². The molecule has 2 heterocycles. The predicted molar refractivity (Wildman–Crippen MR) is 90.6 cm³/mol. The lowest BCUT2D eigenvalue weighted by molar-refractivity contribution is -0.140. The molecule has 0 saturated carbocycles. The number of likely N-dealkylation sites (tertiary alicyclic amines) is 1. The van der Waals surface area contributed by atoms with Crippen molar-refractivity contribution in [2.75, 3.05) is 32.1 Å². The second-order valence-electron chi connectivity index (χ2n) is 6.33. The summed E-state index contributed by atoms with van der Waals surface area (Å²) < 4.78 is 0. The second-order valence-corrected chi connectivity index (χ2v) is 6.74. The van der Waals surface area contributed by atoms with Crippen molar-refractivity contribution < 1.29 is 9.59 Å². The number of hydrogen-bond acceptors (Lipinski definition) is 3. The number of rotatable bonds is 3. The van der Waals surface area contributed by atoms with Gasteiger partial charge in [-0.2, -0.15) is 0 Å². The number of para-hydroxylation sites is 1. The molecule has 1 aromatic rings. The van der Waals surface area contributed by atoms with E-state index < -0.39 is 6.04 Å². The molecular weight excluding hydrogens is 314 g/mol. The van der Waals surface area contributed by atoms with Gasteiger partial charge in [-0.05, 0) is 45.0 Å². The minimum atomic E-state index is -0.396. The summed E-state index contributed by atoms with van der Waals surface area (Å²) in [5, 5.41) is 0.561. The van der Waals surface area contributed by atoms with Crippen LogP contribution in [0.2, 0.25) is 5.02 Å². The van der Waals surface area contributed by atoms with Crippen molar-refractivity contribution in [1.29, 1.82) is 0 Å². The summed E-state index contributed by atoms with van der Waals surface area (Å²) in [4.78, 5) is 30.8. The maximum Gasteiger partial charge on any atom is 0.249 e. The molecule has 0 aliphatic carbocycles. The summed E-state index contributed by atoms with van der Waals surface area (Å²) in [6.07, 6.45) is 2.54. The maximum atomic E-state index is 12.8. The van der Waals surface area contributed by atoms with Crippen LogP contribution in [0.4, 0.5) is 5.69 Å². The first-order chi connectivity index (χ1) is 11.0. The number of carbonyl (C=O) groups excluding carboxylic acids is 2. The normalized spacial score (nSPS) is 25.2. The quantitative estimate of drug-likeness (QED) is 0.848. The van der Waals surface area contributed by atoms with Crippen LogP contribution >= 0.6 is 11.6 Å². The molecule has 0 unspecified atom stereocenters. The van der Waals surface area contributed by atoms with Gasteiger partial charge in [-0.1, -0.05) is 23.7 Å². The topological polar surface area (TPSA) is 43.9 Å². The Labute approximate surface area is 141 Å². The number of benzene rings is 1. The molecule has 0 radical (unpaired) electrons. The largest absolute Gasteiger partial charge is 0.332 e. The Morgan fingerprint density at radius 1 is 1.26 bits per heavy atom. The molecule has 2 amide bonds. The molecule has 2 fully saturated rings. The zero-order valence-electron chi connectivity index (χ0n) is 13.5. The van der Waals surface area contributed by atoms with Crippen molar-refractivity contribution in [3.8, 4) is 0 Å². The van der Waals surface area contributed by atoms with E-state index in [0.717, 1.165) is 25.1 Å². The second kappa shape index (κ2) is 6.49. The van der Waals surface area contributed by atoms with Crippen LogP contribution in [0, 0.1) is 0 Å². The van der Waals surface area contributed by atoms with Crippen molar-refractivity contribution in [3.63, 3.8) is 0 Å². The van der Waals surface area contributed by atoms with Gasteiger partial charge in [0.25, 0.3) is 0 Å². The molecule has 0 spiro atoms. The minimum absolute atomic E-state index is 0.0457. The molecule has 2 saturated heterocycles. The Kier molecular flexibility index (Phi) is 4.60. The summed E-state index contributed by atoms with van der Waals surface area (Å²) >= 11 is 6.20. The Morgan fingerprint density at radius 2 is 2.00 bits per heavy atom. The van der Waals surface area contributed by atoms with E-state index in [4.69, 9.17) is 11.6 Å². The number of carbonyl (C=O) groups is 2. The zero-order chi connectivity index (χ0) is 16.6. The van der Waals surface area contributed by atoms with Crippen LogP contribution in [0.3, 0.4) is 0 Å². The Morgan fingerprint density at radius 3 is 2.65 bits per heavy atom. The lowest BCUT2D eigenvalue weighted by Gasteiger charge is -2.29. The lowest BCUT2D eigenvalue weighted by Crippen LogP contribution is -2.49. The van der Waals surface area contributed by atoms with Gasteiger partial charge in [0.15, 0.2) is 0 Å². The van der Waals surface area contributed by atoms with E-state index in [0.29, 0.717) is 18.0 Å². The summed E-state index contributed by atoms with van der Waals surface area (Å²) in [6.45, 7) is 1.53. The maximum absolute atomic E-state index is 12.8. The Balaban J connectivity index is 1.74. The third kappa shape index (κ3) is 2.95. The fourth-order valence-electron chi connectivity index (χ4n) is 3.54. The standard InChI is InChI=1S/C17H22ClN3O2/c1-19-10-5-8-14(19)16(22)20(2)15-9-11-21(17(15)23)13-7-4-3-6-12(13)18/h3-4,6-7,14-15H,5,8-11H2,1-2H3/t14-,15-/m0/s1. The summed E-state index contributed by atoms with van der Waals surface area (Å²) in [7, 11) is 3.71. The number of halogens is 1. The molecule has 6 heteroatoms. The van der Waals surface area contributed by atoms with Crippen LogP contribution in [-0.2, 0) is 9.59 Å². The van der Waals surface area contributed by atoms with Gasteiger partial charge in [0.05, 0.1) is 16.8 Å². The van der Waals surface area contributed by atoms with Gasteiger partial charge in [-0.25, -0.2) is 0 Å². The Hall–Kier alpha value is -1.59. The molecule has 3 rings (SSSR count). The monoisotopic (exact) mass is 335 g/mol. The fraction of sp³-hybridized carbons (Fsp3) is 0.529. The first-order valence-corrected chi connectivity index (χ1v) is 8.41. The third-order valence-corrected chi connectivity index (χ3v) is 5.26. The van der Waals surface area contributed by atoms with Crippen molar-refractivity contribution in [1.82, 2.24) is 9.80 Å². The van der Waals surface area contributed by atoms with Gasteiger partial charge < -0.3 is 9.80 Å². The van der Waals surface area contributed by atoms with Gasteiger partial charge in [-0.15, -0.1) is 0 Å². The molecule has 1 aromatic carbocycles. The Bertz CT molecular complexity index is 622. The molecule has 2 aliphatic heterocycles. The molecule has 5 nitrogen and oxygen atoms in total. The number of nitrogens with zero attached hydrogens (tertiary/aromatic N) is 3. The molecule has 0 aromatic heterocycles. The number of anilines is 1. The van der Waals surface area contributed by atoms with E-state index in [1.807, 2.05) is 25.2 Å². The zero-order valence-corrected chi connectivity index (χ0v) is 14.3. The third-order valence-electron chi connectivity index (χ3n) is 4.94. The highest BCUT2D eigenvalue weighted by molar-refractivity contribution is 6.34. The van der Waals surface area contributed by atoms with Gasteiger partial charge in [0.2, 0.25) is 11.8 Å². The van der Waals surface area contributed by atoms with E-state index in [-0.39, 0.29) is 17.9 Å². The average molecular weight is 336 g/mol. The smallest absolute Gasteiger partial charge is 0.249 e. The first kappa shape index (κ1) is 16.3. The van der Waals surface area contributed by atoms with Crippen molar-refractivity contribution in [2.24, 2.45) is 0 Å². The van der Waals surface area contributed by atoms with Crippen LogP contribution in [0.1, 0.15) is 19.3 Å². The molecule has 124 valence electrons. The summed E-state index contributed by atoms with van der Waals surface area (Å²) in [5.74, 6) is -0.000964. The van der Waals surface area contributed by atoms with Gasteiger partial charge in [0.1, 0.15) is 6.04 Å². The predicted octanol–water partition coefficient (Wildman–Crippen LogP) is 2.00. The summed E-state index contributed by atoms with van der Waals surface area (Å²) in [6, 6.07) is 6.84. The molecule has 0 N–H and O–H groups in total. The van der Waals surface area contributed by atoms with E-state index in [2.05, 4.69) is 4.90 Å². The van der Waals surface area contributed by atoms with Crippen LogP contribution in [0.5, 0.6) is 0 Å². The fourth-order valence-corrected chi connectivity index (χ4v) is 3.78. The SMILES string of the molecule is CN1CCC[C@H]1C(=O)N(C)[C@H]1CCN(c2ccccc2Cl)C1=O. The van der Waals surface area contributed by atoms with Crippen LogP contribution in [0.15, 0.2) is 24.3 Å². The van der Waals surface area contributed by atoms with E-state index in [1.54, 1.807) is 22.9 Å². The highest BCUT2D eigenvalue weighted by atomic mass is 35.5. The number of hydrogen-bond donors (Lipinski definition) is 0. The van der Waals surface area contributed by atoms with E-state index in [1.165, 1.54) is 0 Å². The van der Waals surface area contributed by atoms with Crippen molar-refractivity contribution >= 4 is 29.1 Å².